The molecule has 0 spiro atoms. The van der Waals surface area contributed by atoms with Crippen LogP contribution in [0, 0.1) is 6.92 Å². The minimum Gasteiger partial charge on any atom is -0.375 e. The Bertz CT molecular complexity index is 323. The third-order valence-corrected chi connectivity index (χ3v) is 2.72. The number of ether oxygens (including phenoxy) is 1. The lowest BCUT2D eigenvalue weighted by atomic mass is 10.1. The number of aryl methyl sites for hydroxylation is 1. The Kier molecular flexibility index (Phi) is 4.84. The zero-order valence-electron chi connectivity index (χ0n) is 8.33. The summed E-state index contributed by atoms with van der Waals surface area (Å²) in [5, 5.41) is 1.84. The van der Waals surface area contributed by atoms with E-state index < -0.39 is 13.0 Å². The maximum absolute atomic E-state index is 11.7. The molecule has 0 saturated carbocycles. The van der Waals surface area contributed by atoms with Crippen molar-refractivity contribution in [3.05, 3.63) is 21.9 Å². The number of thiophene rings is 1. The molecule has 0 aliphatic heterocycles. The Morgan fingerprint density at radius 1 is 1.60 bits per heavy atom. The number of alkyl halides is 2. The van der Waals surface area contributed by atoms with Gasteiger partial charge in [0.05, 0.1) is 6.61 Å². The first kappa shape index (κ1) is 12.3. The summed E-state index contributed by atoms with van der Waals surface area (Å²) in [6.07, 6.45) is -2.31. The van der Waals surface area contributed by atoms with Crippen LogP contribution in [0.4, 0.5) is 8.78 Å². The molecule has 0 radical (unpaired) electrons. The maximum Gasteiger partial charge on any atom is 0.261 e. The molecule has 0 unspecified atom stereocenters. The summed E-state index contributed by atoms with van der Waals surface area (Å²) in [4.78, 5) is 12.5. The Morgan fingerprint density at radius 3 is 2.87 bits per heavy atom. The number of carbonyl (C=O) groups excluding carboxylic acids is 1. The van der Waals surface area contributed by atoms with Crippen LogP contribution < -0.4 is 0 Å². The van der Waals surface area contributed by atoms with Crippen molar-refractivity contribution >= 4 is 17.1 Å². The lowest BCUT2D eigenvalue weighted by molar-refractivity contribution is 0.0170. The van der Waals surface area contributed by atoms with Crippen LogP contribution in [0.3, 0.4) is 0 Å². The molecule has 84 valence electrons. The van der Waals surface area contributed by atoms with E-state index in [-0.39, 0.29) is 18.8 Å². The van der Waals surface area contributed by atoms with Crippen LogP contribution in [0.5, 0.6) is 0 Å². The molecule has 0 atom stereocenters. The molecule has 0 aromatic carbocycles. The summed E-state index contributed by atoms with van der Waals surface area (Å²) >= 11 is 1.50. The number of hydrogen-bond donors (Lipinski definition) is 0. The Hall–Kier alpha value is -0.810. The highest BCUT2D eigenvalue weighted by molar-refractivity contribution is 7.10. The van der Waals surface area contributed by atoms with E-state index in [9.17, 15) is 13.6 Å². The maximum atomic E-state index is 11.7. The molecule has 1 rings (SSSR count). The van der Waals surface area contributed by atoms with Gasteiger partial charge in [-0.05, 0) is 18.4 Å². The number of Topliss-reactive ketones (excluding diaryl/α,β-unsaturated/α-hetero) is 1. The molecule has 1 aromatic rings. The van der Waals surface area contributed by atoms with Gasteiger partial charge in [0.1, 0.15) is 6.61 Å². The SMILES string of the molecule is Cc1sccc1C(=O)CCOCC(F)F. The molecule has 1 aromatic heterocycles. The van der Waals surface area contributed by atoms with Crippen molar-refractivity contribution in [2.24, 2.45) is 0 Å². The van der Waals surface area contributed by atoms with Crippen molar-refractivity contribution in [1.29, 1.82) is 0 Å². The molecule has 0 fully saturated rings. The molecule has 0 amide bonds. The first-order valence-electron chi connectivity index (χ1n) is 4.54. The molecule has 0 bridgehead atoms. The van der Waals surface area contributed by atoms with Crippen molar-refractivity contribution in [2.45, 2.75) is 19.8 Å². The number of hydrogen-bond acceptors (Lipinski definition) is 3. The average molecular weight is 234 g/mol. The molecule has 2 nitrogen and oxygen atoms in total. The van der Waals surface area contributed by atoms with Crippen molar-refractivity contribution < 1.29 is 18.3 Å². The van der Waals surface area contributed by atoms with Gasteiger partial charge in [0.15, 0.2) is 5.78 Å². The zero-order valence-corrected chi connectivity index (χ0v) is 9.15. The second-order valence-corrected chi connectivity index (χ2v) is 4.15. The van der Waals surface area contributed by atoms with Crippen molar-refractivity contribution in [1.82, 2.24) is 0 Å². The number of rotatable bonds is 6. The van der Waals surface area contributed by atoms with Gasteiger partial charge in [0, 0.05) is 16.9 Å². The fourth-order valence-corrected chi connectivity index (χ4v) is 1.86. The van der Waals surface area contributed by atoms with Gasteiger partial charge in [-0.3, -0.25) is 4.79 Å². The van der Waals surface area contributed by atoms with E-state index in [1.165, 1.54) is 11.3 Å². The first-order valence-corrected chi connectivity index (χ1v) is 5.42. The van der Waals surface area contributed by atoms with Crippen LogP contribution in [0.25, 0.3) is 0 Å². The monoisotopic (exact) mass is 234 g/mol. The standard InChI is InChI=1S/C10H12F2O2S/c1-7-8(3-5-15-7)9(13)2-4-14-6-10(11)12/h3,5,10H,2,4,6H2,1H3. The van der Waals surface area contributed by atoms with Gasteiger partial charge in [0.25, 0.3) is 6.43 Å². The van der Waals surface area contributed by atoms with Gasteiger partial charge in [0.2, 0.25) is 0 Å². The van der Waals surface area contributed by atoms with Gasteiger partial charge < -0.3 is 4.74 Å². The fourth-order valence-electron chi connectivity index (χ4n) is 1.15. The summed E-state index contributed by atoms with van der Waals surface area (Å²) in [7, 11) is 0. The van der Waals surface area contributed by atoms with E-state index in [1.807, 2.05) is 12.3 Å². The number of halogens is 2. The highest BCUT2D eigenvalue weighted by Crippen LogP contribution is 2.16. The van der Waals surface area contributed by atoms with Crippen LogP contribution >= 0.6 is 11.3 Å². The van der Waals surface area contributed by atoms with Gasteiger partial charge in [-0.2, -0.15) is 0 Å². The van der Waals surface area contributed by atoms with E-state index in [0.29, 0.717) is 5.56 Å². The predicted molar refractivity (Wildman–Crippen MR) is 54.8 cm³/mol. The fraction of sp³-hybridized carbons (Fsp3) is 0.500. The second kappa shape index (κ2) is 5.92. The molecule has 0 aliphatic carbocycles. The van der Waals surface area contributed by atoms with Gasteiger partial charge in [-0.1, -0.05) is 0 Å². The molecular weight excluding hydrogens is 222 g/mol. The quantitative estimate of drug-likeness (QED) is 0.559. The van der Waals surface area contributed by atoms with E-state index in [0.717, 1.165) is 4.88 Å². The van der Waals surface area contributed by atoms with E-state index in [4.69, 9.17) is 0 Å². The van der Waals surface area contributed by atoms with Crippen molar-refractivity contribution in [3.63, 3.8) is 0 Å². The normalized spacial score (nSPS) is 10.9. The molecule has 0 aliphatic rings. The Balaban J connectivity index is 2.28. The van der Waals surface area contributed by atoms with Crippen LogP contribution in [0.2, 0.25) is 0 Å². The predicted octanol–water partition coefficient (Wildman–Crippen LogP) is 2.91. The number of carbonyl (C=O) groups is 1. The largest absolute Gasteiger partial charge is 0.375 e. The summed E-state index contributed by atoms with van der Waals surface area (Å²) in [5.41, 5.74) is 0.667. The van der Waals surface area contributed by atoms with E-state index in [2.05, 4.69) is 4.74 Å². The zero-order chi connectivity index (χ0) is 11.3. The topological polar surface area (TPSA) is 26.3 Å². The Labute approximate surface area is 90.9 Å². The average Bonchev–Trinajstić information content (AvgIpc) is 2.58. The molecule has 1 heterocycles. The van der Waals surface area contributed by atoms with Gasteiger partial charge in [-0.15, -0.1) is 11.3 Å². The van der Waals surface area contributed by atoms with Crippen LogP contribution in [-0.4, -0.2) is 25.4 Å². The third kappa shape index (κ3) is 4.05. The second-order valence-electron chi connectivity index (χ2n) is 3.03. The molecule has 5 heteroatoms. The molecule has 0 saturated heterocycles. The smallest absolute Gasteiger partial charge is 0.261 e. The van der Waals surface area contributed by atoms with E-state index >= 15 is 0 Å². The van der Waals surface area contributed by atoms with Crippen molar-refractivity contribution in [2.75, 3.05) is 13.2 Å². The Morgan fingerprint density at radius 2 is 2.33 bits per heavy atom. The van der Waals surface area contributed by atoms with Crippen LogP contribution in [0.1, 0.15) is 21.7 Å². The molecule has 0 N–H and O–H groups in total. The third-order valence-electron chi connectivity index (χ3n) is 1.88. The first-order chi connectivity index (χ1) is 7.11. The summed E-state index contributed by atoms with van der Waals surface area (Å²) in [5.74, 6) is -0.0528. The minimum atomic E-state index is -2.47. The highest BCUT2D eigenvalue weighted by Gasteiger charge is 2.10. The van der Waals surface area contributed by atoms with Crippen LogP contribution in [0.15, 0.2) is 11.4 Å². The molecular formula is C10H12F2O2S. The van der Waals surface area contributed by atoms with E-state index in [1.54, 1.807) is 6.07 Å². The van der Waals surface area contributed by atoms with Crippen LogP contribution in [-0.2, 0) is 4.74 Å². The summed E-state index contributed by atoms with van der Waals surface area (Å²) in [6, 6.07) is 1.75. The lowest BCUT2D eigenvalue weighted by Gasteiger charge is -2.02. The minimum absolute atomic E-state index is 0.0528. The number of ketones is 1. The molecule has 15 heavy (non-hydrogen) atoms. The van der Waals surface area contributed by atoms with Gasteiger partial charge >= 0.3 is 0 Å². The summed E-state index contributed by atoms with van der Waals surface area (Å²) in [6.45, 7) is 1.31. The summed E-state index contributed by atoms with van der Waals surface area (Å²) < 4.78 is 28.0. The van der Waals surface area contributed by atoms with Gasteiger partial charge in [-0.25, -0.2) is 8.78 Å². The lowest BCUT2D eigenvalue weighted by Crippen LogP contribution is -2.09. The van der Waals surface area contributed by atoms with Crippen molar-refractivity contribution in [3.8, 4) is 0 Å². The highest BCUT2D eigenvalue weighted by atomic mass is 32.1.